The Hall–Kier alpha value is -1.27. The Morgan fingerprint density at radius 2 is 2.35 bits per heavy atom. The third-order valence-electron chi connectivity index (χ3n) is 3.67. The average Bonchev–Trinajstić information content (AvgIpc) is 3.09. The van der Waals surface area contributed by atoms with E-state index in [-0.39, 0.29) is 11.3 Å². The van der Waals surface area contributed by atoms with E-state index >= 15 is 0 Å². The normalized spacial score (nSPS) is 16.1. The molecule has 1 aliphatic rings. The van der Waals surface area contributed by atoms with Crippen LogP contribution in [-0.2, 0) is 4.79 Å². The van der Waals surface area contributed by atoms with Crippen molar-refractivity contribution in [2.45, 2.75) is 19.3 Å². The van der Waals surface area contributed by atoms with E-state index in [1.165, 1.54) is 11.3 Å². The fourth-order valence-electron chi connectivity index (χ4n) is 2.16. The van der Waals surface area contributed by atoms with Crippen LogP contribution in [0.5, 0.6) is 5.75 Å². The molecule has 0 bridgehead atoms. The summed E-state index contributed by atoms with van der Waals surface area (Å²) in [6.07, 6.45) is 2.73. The molecule has 20 heavy (non-hydrogen) atoms. The van der Waals surface area contributed by atoms with Crippen LogP contribution in [0.4, 0.5) is 5.13 Å². The molecule has 106 valence electrons. The van der Waals surface area contributed by atoms with Gasteiger partial charge in [0.05, 0.1) is 17.3 Å². The van der Waals surface area contributed by atoms with Crippen molar-refractivity contribution in [3.63, 3.8) is 0 Å². The van der Waals surface area contributed by atoms with Crippen LogP contribution in [0.25, 0.3) is 10.2 Å². The highest BCUT2D eigenvalue weighted by molar-refractivity contribution is 7.80. The van der Waals surface area contributed by atoms with E-state index in [0.717, 1.165) is 34.6 Å². The molecule has 1 heterocycles. The number of anilines is 1. The van der Waals surface area contributed by atoms with E-state index in [1.807, 2.05) is 18.2 Å². The summed E-state index contributed by atoms with van der Waals surface area (Å²) in [5, 5.41) is 3.54. The number of carbonyl (C=O) groups is 1. The standard InChI is InChI=1S/C14H16N2O2S2/c1-18-9-2-3-10-11(6-9)20-13(15-10)16-12(17)7-14(8-19)4-5-14/h2-3,6,19H,4-5,7-8H2,1H3,(H,15,16,17). The molecule has 0 spiro atoms. The van der Waals surface area contributed by atoms with Crippen LogP contribution in [0.3, 0.4) is 0 Å². The molecule has 1 amide bonds. The molecule has 6 heteroatoms. The number of hydrogen-bond donors (Lipinski definition) is 2. The van der Waals surface area contributed by atoms with Crippen LogP contribution < -0.4 is 10.1 Å². The number of methoxy groups -OCH3 is 1. The number of benzene rings is 1. The minimum Gasteiger partial charge on any atom is -0.497 e. The molecular formula is C14H16N2O2S2. The topological polar surface area (TPSA) is 51.2 Å². The largest absolute Gasteiger partial charge is 0.497 e. The summed E-state index contributed by atoms with van der Waals surface area (Å²) < 4.78 is 6.19. The molecule has 1 saturated carbocycles. The minimum absolute atomic E-state index is 0.0302. The van der Waals surface area contributed by atoms with Gasteiger partial charge in [-0.3, -0.25) is 4.79 Å². The number of hydrogen-bond acceptors (Lipinski definition) is 5. The second kappa shape index (κ2) is 5.26. The molecule has 3 rings (SSSR count). The van der Waals surface area contributed by atoms with Crippen LogP contribution in [0.2, 0.25) is 0 Å². The van der Waals surface area contributed by atoms with E-state index in [0.29, 0.717) is 11.6 Å². The van der Waals surface area contributed by atoms with Crippen LogP contribution in [-0.4, -0.2) is 23.8 Å². The summed E-state index contributed by atoms with van der Waals surface area (Å²) >= 11 is 5.79. The molecule has 0 atom stereocenters. The number of ether oxygens (including phenoxy) is 1. The maximum Gasteiger partial charge on any atom is 0.226 e. The Labute approximate surface area is 127 Å². The van der Waals surface area contributed by atoms with Gasteiger partial charge in [-0.15, -0.1) is 0 Å². The summed E-state index contributed by atoms with van der Waals surface area (Å²) in [6.45, 7) is 0. The van der Waals surface area contributed by atoms with Crippen molar-refractivity contribution < 1.29 is 9.53 Å². The van der Waals surface area contributed by atoms with Crippen molar-refractivity contribution in [1.29, 1.82) is 0 Å². The lowest BCUT2D eigenvalue weighted by atomic mass is 10.1. The van der Waals surface area contributed by atoms with Crippen LogP contribution in [0.15, 0.2) is 18.2 Å². The van der Waals surface area contributed by atoms with E-state index < -0.39 is 0 Å². The number of thiol groups is 1. The fraction of sp³-hybridized carbons (Fsp3) is 0.429. The zero-order valence-corrected chi connectivity index (χ0v) is 12.9. The lowest BCUT2D eigenvalue weighted by molar-refractivity contribution is -0.117. The number of fused-ring (bicyclic) bond motifs is 1. The van der Waals surface area contributed by atoms with Crippen molar-refractivity contribution in [2.75, 3.05) is 18.2 Å². The van der Waals surface area contributed by atoms with Gasteiger partial charge >= 0.3 is 0 Å². The highest BCUT2D eigenvalue weighted by Gasteiger charge is 2.42. The van der Waals surface area contributed by atoms with Crippen LogP contribution >= 0.6 is 24.0 Å². The first-order valence-electron chi connectivity index (χ1n) is 6.49. The van der Waals surface area contributed by atoms with Gasteiger partial charge in [-0.1, -0.05) is 11.3 Å². The predicted molar refractivity (Wildman–Crippen MR) is 84.9 cm³/mol. The Kier molecular flexibility index (Phi) is 3.60. The molecule has 1 fully saturated rings. The van der Waals surface area contributed by atoms with Gasteiger partial charge in [0, 0.05) is 6.42 Å². The minimum atomic E-state index is 0.0302. The highest BCUT2D eigenvalue weighted by atomic mass is 32.1. The van der Waals surface area contributed by atoms with E-state index in [4.69, 9.17) is 4.74 Å². The molecule has 0 aliphatic heterocycles. The van der Waals surface area contributed by atoms with Gasteiger partial charge in [0.25, 0.3) is 0 Å². The lowest BCUT2D eigenvalue weighted by Crippen LogP contribution is -2.18. The molecule has 4 nitrogen and oxygen atoms in total. The summed E-state index contributed by atoms with van der Waals surface area (Å²) in [7, 11) is 1.64. The molecule has 1 N–H and O–H groups in total. The van der Waals surface area contributed by atoms with Gasteiger partial charge < -0.3 is 10.1 Å². The zero-order chi connectivity index (χ0) is 14.2. The Morgan fingerprint density at radius 1 is 1.55 bits per heavy atom. The number of thiazole rings is 1. The molecular weight excluding hydrogens is 292 g/mol. The molecule has 0 unspecified atom stereocenters. The van der Waals surface area contributed by atoms with Gasteiger partial charge in [-0.05, 0) is 42.2 Å². The summed E-state index contributed by atoms with van der Waals surface area (Å²) in [4.78, 5) is 16.4. The van der Waals surface area contributed by atoms with Crippen molar-refractivity contribution in [1.82, 2.24) is 4.98 Å². The summed E-state index contributed by atoms with van der Waals surface area (Å²) in [6, 6.07) is 5.70. The second-order valence-electron chi connectivity index (χ2n) is 5.24. The van der Waals surface area contributed by atoms with Gasteiger partial charge in [0.15, 0.2) is 5.13 Å². The zero-order valence-electron chi connectivity index (χ0n) is 11.2. The maximum atomic E-state index is 12.0. The van der Waals surface area contributed by atoms with Crippen molar-refractivity contribution >= 4 is 45.2 Å². The number of carbonyl (C=O) groups excluding carboxylic acids is 1. The highest BCUT2D eigenvalue weighted by Crippen LogP contribution is 2.49. The maximum absolute atomic E-state index is 12.0. The quantitative estimate of drug-likeness (QED) is 0.833. The van der Waals surface area contributed by atoms with Crippen molar-refractivity contribution in [2.24, 2.45) is 5.41 Å². The predicted octanol–water partition coefficient (Wildman–Crippen LogP) is 3.34. The number of aromatic nitrogens is 1. The van der Waals surface area contributed by atoms with Gasteiger partial charge in [-0.25, -0.2) is 4.98 Å². The first kappa shape index (κ1) is 13.7. The smallest absolute Gasteiger partial charge is 0.226 e. The number of amides is 1. The van der Waals surface area contributed by atoms with E-state index in [2.05, 4.69) is 22.9 Å². The Morgan fingerprint density at radius 3 is 3.00 bits per heavy atom. The summed E-state index contributed by atoms with van der Waals surface area (Å²) in [5.74, 6) is 1.60. The molecule has 1 aromatic carbocycles. The fourth-order valence-corrected chi connectivity index (χ4v) is 3.50. The second-order valence-corrected chi connectivity index (χ2v) is 6.58. The monoisotopic (exact) mass is 308 g/mol. The van der Waals surface area contributed by atoms with E-state index in [1.54, 1.807) is 7.11 Å². The van der Waals surface area contributed by atoms with Gasteiger partial charge in [0.1, 0.15) is 5.75 Å². The SMILES string of the molecule is COc1ccc2nc(NC(=O)CC3(CS)CC3)sc2c1. The lowest BCUT2D eigenvalue weighted by Gasteiger charge is -2.09. The average molecular weight is 308 g/mol. The van der Waals surface area contributed by atoms with Crippen molar-refractivity contribution in [3.8, 4) is 5.75 Å². The molecule has 1 aromatic heterocycles. The number of nitrogens with one attached hydrogen (secondary N) is 1. The van der Waals surface area contributed by atoms with Crippen molar-refractivity contribution in [3.05, 3.63) is 18.2 Å². The molecule has 0 saturated heterocycles. The van der Waals surface area contributed by atoms with Gasteiger partial charge in [-0.2, -0.15) is 12.6 Å². The number of rotatable bonds is 5. The third-order valence-corrected chi connectivity index (χ3v) is 5.27. The number of nitrogens with zero attached hydrogens (tertiary/aromatic N) is 1. The molecule has 2 aromatic rings. The Bertz CT molecular complexity index is 650. The molecule has 1 aliphatic carbocycles. The van der Waals surface area contributed by atoms with Gasteiger partial charge in [0.2, 0.25) is 5.91 Å². The Balaban J connectivity index is 1.72. The summed E-state index contributed by atoms with van der Waals surface area (Å²) in [5.41, 5.74) is 1.01. The first-order chi connectivity index (χ1) is 9.64. The third kappa shape index (κ3) is 2.76. The van der Waals surface area contributed by atoms with Crippen LogP contribution in [0, 0.1) is 5.41 Å². The molecule has 0 radical (unpaired) electrons. The van der Waals surface area contributed by atoms with E-state index in [9.17, 15) is 4.79 Å². The first-order valence-corrected chi connectivity index (χ1v) is 7.94. The van der Waals surface area contributed by atoms with Crippen LogP contribution in [0.1, 0.15) is 19.3 Å².